The van der Waals surface area contributed by atoms with Gasteiger partial charge in [0.05, 0.1) is 0 Å². The lowest BCUT2D eigenvalue weighted by molar-refractivity contribution is -0.138. The van der Waals surface area contributed by atoms with Crippen LogP contribution >= 0.6 is 0 Å². The molecule has 1 atom stereocenters. The Bertz CT molecular complexity index is 1020. The van der Waals surface area contributed by atoms with E-state index in [1.807, 2.05) is 31.2 Å². The van der Waals surface area contributed by atoms with E-state index in [0.29, 0.717) is 24.3 Å². The van der Waals surface area contributed by atoms with E-state index in [9.17, 15) is 19.2 Å². The zero-order chi connectivity index (χ0) is 23.8. The van der Waals surface area contributed by atoms with Crippen LogP contribution in [0.4, 0.5) is 21.9 Å². The quantitative estimate of drug-likeness (QED) is 0.484. The van der Waals surface area contributed by atoms with Crippen LogP contribution in [0, 0.1) is 6.92 Å². The van der Waals surface area contributed by atoms with Crippen molar-refractivity contribution in [3.63, 3.8) is 0 Å². The summed E-state index contributed by atoms with van der Waals surface area (Å²) in [4.78, 5) is 49.5. The van der Waals surface area contributed by atoms with E-state index in [2.05, 4.69) is 16.0 Å². The van der Waals surface area contributed by atoms with Gasteiger partial charge in [-0.1, -0.05) is 18.2 Å². The number of nitrogens with one attached hydrogen (secondary N) is 3. The summed E-state index contributed by atoms with van der Waals surface area (Å²) >= 11 is 0. The minimum Gasteiger partial charge on any atom is -0.481 e. The van der Waals surface area contributed by atoms with Gasteiger partial charge < -0.3 is 26.0 Å². The Morgan fingerprint density at radius 3 is 2.27 bits per heavy atom. The number of urea groups is 1. The van der Waals surface area contributed by atoms with Gasteiger partial charge >= 0.3 is 12.0 Å². The Kier molecular flexibility index (Phi) is 8.01. The molecule has 0 spiro atoms. The molecule has 33 heavy (non-hydrogen) atoms. The van der Waals surface area contributed by atoms with Crippen LogP contribution in [-0.2, 0) is 14.4 Å². The predicted octanol–water partition coefficient (Wildman–Crippen LogP) is 3.82. The lowest BCUT2D eigenvalue weighted by Gasteiger charge is -2.24. The Labute approximate surface area is 192 Å². The SMILES string of the molecule is Cc1ccccc1NC(=O)Nc1ccc(NC(=O)[C@@H]2CCCN2C(=O)CCCC(=O)O)cc1. The fraction of sp³-hybridized carbons (Fsp3) is 0.333. The summed E-state index contributed by atoms with van der Waals surface area (Å²) < 4.78 is 0. The van der Waals surface area contributed by atoms with E-state index in [1.54, 1.807) is 24.3 Å². The third-order valence-electron chi connectivity index (χ3n) is 5.46. The smallest absolute Gasteiger partial charge is 0.323 e. The van der Waals surface area contributed by atoms with Crippen molar-refractivity contribution in [1.29, 1.82) is 0 Å². The number of para-hydroxylation sites is 1. The molecule has 0 aliphatic carbocycles. The van der Waals surface area contributed by atoms with Gasteiger partial charge in [0.2, 0.25) is 11.8 Å². The first-order valence-corrected chi connectivity index (χ1v) is 10.9. The van der Waals surface area contributed by atoms with Crippen LogP contribution in [0.5, 0.6) is 0 Å². The fourth-order valence-corrected chi connectivity index (χ4v) is 3.73. The van der Waals surface area contributed by atoms with Gasteiger partial charge in [0.25, 0.3) is 0 Å². The van der Waals surface area contributed by atoms with Crippen LogP contribution in [0.2, 0.25) is 0 Å². The molecule has 3 rings (SSSR count). The van der Waals surface area contributed by atoms with E-state index < -0.39 is 12.0 Å². The minimum atomic E-state index is -0.941. The molecule has 1 heterocycles. The number of carbonyl (C=O) groups is 4. The van der Waals surface area contributed by atoms with Crippen LogP contribution in [0.3, 0.4) is 0 Å². The minimum absolute atomic E-state index is 0.0696. The van der Waals surface area contributed by atoms with Crippen LogP contribution in [0.25, 0.3) is 0 Å². The topological polar surface area (TPSA) is 128 Å². The summed E-state index contributed by atoms with van der Waals surface area (Å²) in [6.45, 7) is 2.39. The standard InChI is InChI=1S/C24H28N4O5/c1-16-6-2-3-7-19(16)27-24(33)26-18-13-11-17(12-14-18)25-23(32)20-8-5-15-28(20)21(29)9-4-10-22(30)31/h2-3,6-7,11-14,20H,4-5,8-10,15H2,1H3,(H,25,32)(H,30,31)(H2,26,27,33)/t20-/m0/s1. The maximum absolute atomic E-state index is 12.7. The number of amides is 4. The van der Waals surface area contributed by atoms with Crippen molar-refractivity contribution in [2.45, 2.75) is 45.1 Å². The second-order valence-electron chi connectivity index (χ2n) is 7.95. The molecule has 174 valence electrons. The average Bonchev–Trinajstić information content (AvgIpc) is 3.27. The molecule has 1 fully saturated rings. The number of aliphatic carboxylic acids is 1. The highest BCUT2D eigenvalue weighted by molar-refractivity contribution is 6.01. The first kappa shape index (κ1) is 23.8. The highest BCUT2D eigenvalue weighted by atomic mass is 16.4. The molecule has 4 amide bonds. The molecule has 4 N–H and O–H groups in total. The summed E-state index contributed by atoms with van der Waals surface area (Å²) in [5, 5.41) is 17.1. The Morgan fingerprint density at radius 2 is 1.61 bits per heavy atom. The first-order chi connectivity index (χ1) is 15.8. The van der Waals surface area contributed by atoms with Crippen LogP contribution in [-0.4, -0.2) is 46.4 Å². The maximum atomic E-state index is 12.7. The van der Waals surface area contributed by atoms with Crippen molar-refractivity contribution in [3.05, 3.63) is 54.1 Å². The zero-order valence-corrected chi connectivity index (χ0v) is 18.5. The number of carbonyl (C=O) groups excluding carboxylic acids is 3. The van der Waals surface area contributed by atoms with Crippen LogP contribution in [0.15, 0.2) is 48.5 Å². The maximum Gasteiger partial charge on any atom is 0.323 e. The summed E-state index contributed by atoms with van der Waals surface area (Å²) in [5.74, 6) is -1.42. The second-order valence-corrected chi connectivity index (χ2v) is 7.95. The van der Waals surface area contributed by atoms with Crippen molar-refractivity contribution in [2.24, 2.45) is 0 Å². The number of likely N-dealkylation sites (tertiary alicyclic amines) is 1. The molecule has 0 unspecified atom stereocenters. The number of hydrogen-bond donors (Lipinski definition) is 4. The van der Waals surface area contributed by atoms with Crippen molar-refractivity contribution in [1.82, 2.24) is 4.90 Å². The van der Waals surface area contributed by atoms with E-state index in [-0.39, 0.29) is 37.1 Å². The van der Waals surface area contributed by atoms with Crippen LogP contribution < -0.4 is 16.0 Å². The molecule has 2 aromatic carbocycles. The Balaban J connectivity index is 1.52. The molecule has 1 aliphatic rings. The number of hydrogen-bond acceptors (Lipinski definition) is 4. The third-order valence-corrected chi connectivity index (χ3v) is 5.46. The highest BCUT2D eigenvalue weighted by Gasteiger charge is 2.33. The number of rotatable bonds is 8. The van der Waals surface area contributed by atoms with E-state index in [0.717, 1.165) is 17.7 Å². The second kappa shape index (κ2) is 11.1. The van der Waals surface area contributed by atoms with Gasteiger partial charge in [0, 0.05) is 36.4 Å². The average molecular weight is 453 g/mol. The molecular weight excluding hydrogens is 424 g/mol. The van der Waals surface area contributed by atoms with Gasteiger partial charge in [-0.05, 0) is 62.1 Å². The molecule has 0 saturated carbocycles. The van der Waals surface area contributed by atoms with Gasteiger partial charge in [-0.15, -0.1) is 0 Å². The third kappa shape index (κ3) is 6.80. The number of aryl methyl sites for hydroxylation is 1. The first-order valence-electron chi connectivity index (χ1n) is 10.9. The lowest BCUT2D eigenvalue weighted by Crippen LogP contribution is -2.43. The fourth-order valence-electron chi connectivity index (χ4n) is 3.73. The molecule has 2 aromatic rings. The van der Waals surface area contributed by atoms with E-state index >= 15 is 0 Å². The summed E-state index contributed by atoms with van der Waals surface area (Å²) in [6, 6.07) is 13.2. The lowest BCUT2D eigenvalue weighted by atomic mass is 10.1. The molecule has 1 saturated heterocycles. The van der Waals surface area contributed by atoms with Crippen molar-refractivity contribution in [2.75, 3.05) is 22.5 Å². The normalized spacial score (nSPS) is 15.1. The van der Waals surface area contributed by atoms with Gasteiger partial charge in [-0.2, -0.15) is 0 Å². The predicted molar refractivity (Wildman–Crippen MR) is 125 cm³/mol. The molecule has 0 bridgehead atoms. The summed E-state index contributed by atoms with van der Waals surface area (Å²) in [5.41, 5.74) is 2.79. The van der Waals surface area contributed by atoms with Crippen molar-refractivity contribution >= 4 is 40.9 Å². The summed E-state index contributed by atoms with van der Waals surface area (Å²) in [6.07, 6.45) is 1.59. The zero-order valence-electron chi connectivity index (χ0n) is 18.5. The number of anilines is 3. The largest absolute Gasteiger partial charge is 0.481 e. The molecule has 0 radical (unpaired) electrons. The van der Waals surface area contributed by atoms with Crippen molar-refractivity contribution < 1.29 is 24.3 Å². The Hall–Kier alpha value is -3.88. The number of carboxylic acids is 1. The van der Waals surface area contributed by atoms with Crippen LogP contribution in [0.1, 0.15) is 37.7 Å². The van der Waals surface area contributed by atoms with Gasteiger partial charge in [0.1, 0.15) is 6.04 Å². The van der Waals surface area contributed by atoms with E-state index in [1.165, 1.54) is 4.90 Å². The molecule has 9 nitrogen and oxygen atoms in total. The summed E-state index contributed by atoms with van der Waals surface area (Å²) in [7, 11) is 0. The number of nitrogens with zero attached hydrogens (tertiary/aromatic N) is 1. The number of carboxylic acid groups (broad SMARTS) is 1. The molecule has 9 heteroatoms. The molecule has 1 aliphatic heterocycles. The monoisotopic (exact) mass is 452 g/mol. The van der Waals surface area contributed by atoms with Gasteiger partial charge in [-0.25, -0.2) is 4.79 Å². The molecule has 0 aromatic heterocycles. The Morgan fingerprint density at radius 1 is 0.939 bits per heavy atom. The van der Waals surface area contributed by atoms with E-state index in [4.69, 9.17) is 5.11 Å². The highest BCUT2D eigenvalue weighted by Crippen LogP contribution is 2.22. The van der Waals surface area contributed by atoms with Gasteiger partial charge in [-0.3, -0.25) is 14.4 Å². The molecular formula is C24H28N4O5. The van der Waals surface area contributed by atoms with Crippen molar-refractivity contribution in [3.8, 4) is 0 Å². The van der Waals surface area contributed by atoms with Gasteiger partial charge in [0.15, 0.2) is 0 Å². The number of benzene rings is 2.